The third-order valence-corrected chi connectivity index (χ3v) is 18.8. The van der Waals surface area contributed by atoms with E-state index in [4.69, 9.17) is 11.6 Å². The second-order valence-electron chi connectivity index (χ2n) is 27.7. The van der Waals surface area contributed by atoms with E-state index in [1.165, 1.54) is 71.3 Å². The summed E-state index contributed by atoms with van der Waals surface area (Å²) in [5.74, 6) is 0. The number of benzene rings is 7. The molecule has 0 radical (unpaired) electrons. The van der Waals surface area contributed by atoms with Crippen LogP contribution in [0.25, 0.3) is 21.2 Å². The Morgan fingerprint density at radius 2 is 0.907 bits per heavy atom. The fourth-order valence-electron chi connectivity index (χ4n) is 12.4. The molecule has 0 N–H and O–H groups in total. The Morgan fingerprint density at radius 3 is 1.48 bits per heavy atom. The van der Waals surface area contributed by atoms with Gasteiger partial charge in [-0.2, -0.15) is 0 Å². The molecule has 1 aromatic heterocycles. The highest BCUT2D eigenvalue weighted by Crippen LogP contribution is 2.56. The topological polar surface area (TPSA) is 6.48 Å². The second kappa shape index (κ2) is 18.0. The van der Waals surface area contributed by atoms with Crippen LogP contribution in [0.15, 0.2) is 139 Å². The van der Waals surface area contributed by atoms with Crippen molar-refractivity contribution < 1.29 is 0 Å². The van der Waals surface area contributed by atoms with Gasteiger partial charge in [0.05, 0.1) is 27.8 Å². The molecule has 10 rings (SSSR count). The molecule has 1 heterocycles. The third-order valence-electron chi connectivity index (χ3n) is 17.5. The molecule has 0 aliphatic heterocycles. The number of anilines is 6. The van der Waals surface area contributed by atoms with Crippen molar-refractivity contribution in [2.45, 2.75) is 175 Å². The molecule has 2 aliphatic rings. The molecule has 0 unspecified atom stereocenters. The molecule has 4 heteroatoms. The summed E-state index contributed by atoms with van der Waals surface area (Å²) in [4.78, 5) is 4.98. The molecule has 0 spiro atoms. The Bertz CT molecular complexity index is 3520. The van der Waals surface area contributed by atoms with E-state index < -0.39 is 0 Å². The normalized spacial score (nSPS) is 16.5. The van der Waals surface area contributed by atoms with Gasteiger partial charge in [0, 0.05) is 43.2 Å². The van der Waals surface area contributed by atoms with Crippen LogP contribution in [-0.2, 0) is 37.9 Å². The quantitative estimate of drug-likeness (QED) is 0.157. The smallest absolute Gasteiger partial charge is 0.0887 e. The van der Waals surface area contributed by atoms with Gasteiger partial charge in [0.1, 0.15) is 0 Å². The molecule has 75 heavy (non-hydrogen) atoms. The Balaban J connectivity index is 1.29. The van der Waals surface area contributed by atoms with Gasteiger partial charge < -0.3 is 9.80 Å². The van der Waals surface area contributed by atoms with Crippen molar-refractivity contribution >= 4 is 67.1 Å². The van der Waals surface area contributed by atoms with Crippen LogP contribution in [0.5, 0.6) is 0 Å². The average Bonchev–Trinajstić information content (AvgIpc) is 3.76. The van der Waals surface area contributed by atoms with E-state index in [-0.39, 0.29) is 37.9 Å². The first-order valence-electron chi connectivity index (χ1n) is 27.5. The van der Waals surface area contributed by atoms with Crippen LogP contribution in [0.3, 0.4) is 0 Å². The zero-order valence-electron chi connectivity index (χ0n) is 48.4. The van der Waals surface area contributed by atoms with E-state index in [0.717, 1.165) is 52.5 Å². The van der Waals surface area contributed by atoms with Crippen molar-refractivity contribution in [3.63, 3.8) is 0 Å². The van der Waals surface area contributed by atoms with E-state index in [0.29, 0.717) is 5.02 Å². The van der Waals surface area contributed by atoms with E-state index in [2.05, 4.69) is 273 Å². The molecule has 8 aromatic rings. The number of halogens is 1. The summed E-state index contributed by atoms with van der Waals surface area (Å²) in [5, 5.41) is 4.29. The van der Waals surface area contributed by atoms with Gasteiger partial charge in [-0.15, -0.1) is 11.3 Å². The molecular formula is C71H81ClN2S. The van der Waals surface area contributed by atoms with Crippen molar-refractivity contribution in [1.29, 1.82) is 0 Å². The van der Waals surface area contributed by atoms with Crippen molar-refractivity contribution in [2.75, 3.05) is 9.80 Å². The van der Waals surface area contributed by atoms with Gasteiger partial charge in [0.15, 0.2) is 0 Å². The summed E-state index contributed by atoms with van der Waals surface area (Å²) in [6.45, 7) is 42.3. The number of hydrogen-bond acceptors (Lipinski definition) is 3. The van der Waals surface area contributed by atoms with Gasteiger partial charge in [-0.3, -0.25) is 0 Å². The molecule has 0 amide bonds. The summed E-state index contributed by atoms with van der Waals surface area (Å²) in [6, 6.07) is 51.8. The summed E-state index contributed by atoms with van der Waals surface area (Å²) >= 11 is 10.3. The summed E-state index contributed by atoms with van der Waals surface area (Å²) in [7, 11) is 0. The Labute approximate surface area is 460 Å². The maximum Gasteiger partial charge on any atom is 0.0887 e. The van der Waals surface area contributed by atoms with Crippen molar-refractivity contribution in [3.05, 3.63) is 199 Å². The van der Waals surface area contributed by atoms with E-state index >= 15 is 0 Å². The Morgan fingerprint density at radius 1 is 0.440 bits per heavy atom. The first-order chi connectivity index (χ1) is 34.9. The van der Waals surface area contributed by atoms with Crippen LogP contribution >= 0.6 is 22.9 Å². The predicted octanol–water partition coefficient (Wildman–Crippen LogP) is 21.7. The zero-order chi connectivity index (χ0) is 54.2. The number of aryl methyl sites for hydroxylation is 1. The zero-order valence-corrected chi connectivity index (χ0v) is 49.9. The molecule has 2 nitrogen and oxygen atoms in total. The van der Waals surface area contributed by atoms with Crippen LogP contribution in [0.1, 0.15) is 186 Å². The SMILES string of the molecule is Cc1cc(N(c2ccc3c(c2)C(C)(C)c2ccccc2C3(C)C)c2ccc(C(C)(C)C)cc2-c2ccc(C(C)(C)C)cc2)c(Cl)c(N(c2ccc3c(c2)C(C)(C)CCC3(C)C)c2csc3ccc(C(C)(C)C)cc23)c1. The van der Waals surface area contributed by atoms with Gasteiger partial charge >= 0.3 is 0 Å². The van der Waals surface area contributed by atoms with Gasteiger partial charge in [-0.05, 0) is 169 Å². The molecule has 2 aliphatic carbocycles. The lowest BCUT2D eigenvalue weighted by Gasteiger charge is -2.44. The van der Waals surface area contributed by atoms with Gasteiger partial charge in [-0.1, -0.05) is 202 Å². The number of hydrogen-bond donors (Lipinski definition) is 0. The van der Waals surface area contributed by atoms with Gasteiger partial charge in [-0.25, -0.2) is 0 Å². The average molecular weight is 1030 g/mol. The van der Waals surface area contributed by atoms with E-state index in [1.807, 2.05) is 11.3 Å². The number of fused-ring (bicyclic) bond motifs is 4. The minimum atomic E-state index is -0.260. The first-order valence-corrected chi connectivity index (χ1v) is 28.7. The molecule has 0 bridgehead atoms. The van der Waals surface area contributed by atoms with Crippen molar-refractivity contribution in [3.8, 4) is 11.1 Å². The maximum atomic E-state index is 8.44. The molecule has 0 saturated heterocycles. The third kappa shape index (κ3) is 9.16. The van der Waals surface area contributed by atoms with Crippen LogP contribution in [0.4, 0.5) is 34.1 Å². The Kier molecular flexibility index (Phi) is 12.7. The second-order valence-corrected chi connectivity index (χ2v) is 29.0. The molecule has 7 aromatic carbocycles. The summed E-state index contributed by atoms with van der Waals surface area (Å²) in [5.41, 5.74) is 21.6. The fourth-order valence-corrected chi connectivity index (χ4v) is 13.6. The molecule has 0 fully saturated rings. The molecular weight excluding hydrogens is 948 g/mol. The molecule has 388 valence electrons. The van der Waals surface area contributed by atoms with Crippen molar-refractivity contribution in [1.82, 2.24) is 0 Å². The first kappa shape index (κ1) is 52.8. The van der Waals surface area contributed by atoms with Gasteiger partial charge in [0.2, 0.25) is 0 Å². The van der Waals surface area contributed by atoms with Crippen LogP contribution in [0.2, 0.25) is 5.02 Å². The molecule has 0 atom stereocenters. The molecule has 0 saturated carbocycles. The summed E-state index contributed by atoms with van der Waals surface area (Å²) < 4.78 is 1.26. The minimum Gasteiger partial charge on any atom is -0.308 e. The van der Waals surface area contributed by atoms with Crippen molar-refractivity contribution in [2.24, 2.45) is 0 Å². The lowest BCUT2D eigenvalue weighted by molar-refractivity contribution is 0.332. The number of thiophene rings is 1. The maximum absolute atomic E-state index is 8.44. The fraction of sp³-hybridized carbons (Fsp3) is 0.380. The van der Waals surface area contributed by atoms with Crippen LogP contribution in [0, 0.1) is 6.92 Å². The lowest BCUT2D eigenvalue weighted by Crippen LogP contribution is -2.36. The monoisotopic (exact) mass is 1030 g/mol. The largest absolute Gasteiger partial charge is 0.308 e. The van der Waals surface area contributed by atoms with E-state index in [9.17, 15) is 0 Å². The van der Waals surface area contributed by atoms with Crippen LogP contribution in [-0.4, -0.2) is 0 Å². The minimum absolute atomic E-state index is 0.0109. The number of nitrogens with zero attached hydrogens (tertiary/aromatic N) is 2. The highest BCUT2D eigenvalue weighted by molar-refractivity contribution is 7.17. The highest BCUT2D eigenvalue weighted by atomic mass is 35.5. The standard InChI is InChI=1S/C71H81ClN2S/c1-44-37-60(64(72)61(38-44)74(62-43-75-63-34-28-48(40-52(62)63)67(8,9)10)49-29-31-53-57(41-49)69(13,14)36-35-68(53,11)12)73(50-30-32-56-58(42-50)71(17,18)55-22-20-19-21-54(55)70(56,15)16)59-33-27-47(66(5,6)7)39-51(59)45-23-25-46(26-24-45)65(2,3)4/h19-34,37-43H,35-36H2,1-18H3. The van der Waals surface area contributed by atoms with E-state index in [1.54, 1.807) is 0 Å². The van der Waals surface area contributed by atoms with Crippen LogP contribution < -0.4 is 9.80 Å². The summed E-state index contributed by atoms with van der Waals surface area (Å²) in [6.07, 6.45) is 2.29. The lowest BCUT2D eigenvalue weighted by atomic mass is 9.60. The highest BCUT2D eigenvalue weighted by Gasteiger charge is 2.43. The van der Waals surface area contributed by atoms with Gasteiger partial charge in [0.25, 0.3) is 0 Å². The Hall–Kier alpha value is -5.61. The number of rotatable bonds is 7. The predicted molar refractivity (Wildman–Crippen MR) is 328 cm³/mol.